The van der Waals surface area contributed by atoms with Gasteiger partial charge in [-0.15, -0.1) is 0 Å². The number of nitrogens with zero attached hydrogens (tertiary/aromatic N) is 1. The van der Waals surface area contributed by atoms with Crippen molar-refractivity contribution in [3.05, 3.63) is 42.0 Å². The van der Waals surface area contributed by atoms with Gasteiger partial charge in [-0.3, -0.25) is 0 Å². The van der Waals surface area contributed by atoms with E-state index in [2.05, 4.69) is 4.99 Å². The summed E-state index contributed by atoms with van der Waals surface area (Å²) in [6.07, 6.45) is 4.42. The third-order valence-electron chi connectivity index (χ3n) is 1.95. The van der Waals surface area contributed by atoms with Crippen molar-refractivity contribution in [2.24, 2.45) is 4.99 Å². The third kappa shape index (κ3) is 5.44. The molecule has 0 heterocycles. The summed E-state index contributed by atoms with van der Waals surface area (Å²) in [6.45, 7) is 1.74. The van der Waals surface area contributed by atoms with Crippen LogP contribution in [0.15, 0.2) is 41.4 Å². The van der Waals surface area contributed by atoms with Gasteiger partial charge in [0.15, 0.2) is 0 Å². The number of aliphatic imine (C=N–C) groups is 1. The average Bonchev–Trinajstić information content (AvgIpc) is 2.35. The quantitative estimate of drug-likeness (QED) is 0.337. The van der Waals surface area contributed by atoms with Crippen molar-refractivity contribution in [2.45, 2.75) is 13.0 Å². The van der Waals surface area contributed by atoms with Crippen LogP contribution in [0.4, 0.5) is 0 Å². The van der Waals surface area contributed by atoms with Crippen LogP contribution in [-0.4, -0.2) is 24.7 Å². The molecule has 88 valence electrons. The molecule has 4 nitrogen and oxygen atoms in total. The Morgan fingerprint density at radius 1 is 1.47 bits per heavy atom. The van der Waals surface area contributed by atoms with Crippen LogP contribution in [-0.2, 0) is 14.3 Å². The molecule has 0 aliphatic carbocycles. The molecular weight excluding hydrogens is 218 g/mol. The summed E-state index contributed by atoms with van der Waals surface area (Å²) in [7, 11) is 0. The van der Waals surface area contributed by atoms with Crippen molar-refractivity contribution < 1.29 is 14.3 Å². The Balaban J connectivity index is 2.40. The molecule has 1 unspecified atom stereocenters. The van der Waals surface area contributed by atoms with Crippen LogP contribution in [0.25, 0.3) is 6.08 Å². The molecule has 1 aromatic rings. The minimum absolute atomic E-state index is 0.0766. The molecule has 0 aliphatic rings. The zero-order chi connectivity index (χ0) is 12.5. The van der Waals surface area contributed by atoms with E-state index in [0.29, 0.717) is 0 Å². The normalized spacial score (nSPS) is 11.8. The van der Waals surface area contributed by atoms with Gasteiger partial charge < -0.3 is 4.74 Å². The molecule has 4 heteroatoms. The van der Waals surface area contributed by atoms with Gasteiger partial charge >= 0.3 is 5.97 Å². The molecule has 0 bridgehead atoms. The molecule has 0 N–H and O–H groups in total. The second-order valence-corrected chi connectivity index (χ2v) is 3.44. The van der Waals surface area contributed by atoms with Gasteiger partial charge in [0.1, 0.15) is 6.61 Å². The van der Waals surface area contributed by atoms with Crippen LogP contribution < -0.4 is 0 Å². The van der Waals surface area contributed by atoms with E-state index in [4.69, 9.17) is 4.74 Å². The lowest BCUT2D eigenvalue weighted by Crippen LogP contribution is -2.12. The summed E-state index contributed by atoms with van der Waals surface area (Å²) in [5.74, 6) is -0.457. The van der Waals surface area contributed by atoms with Gasteiger partial charge in [0.05, 0.1) is 6.04 Å². The second-order valence-electron chi connectivity index (χ2n) is 3.44. The predicted molar refractivity (Wildman–Crippen MR) is 64.0 cm³/mol. The number of rotatable bonds is 5. The zero-order valence-electron chi connectivity index (χ0n) is 9.50. The number of hydrogen-bond donors (Lipinski definition) is 0. The lowest BCUT2D eigenvalue weighted by molar-refractivity contribution is -0.138. The maximum absolute atomic E-state index is 11.3. The first-order valence-electron chi connectivity index (χ1n) is 5.19. The summed E-state index contributed by atoms with van der Waals surface area (Å²) in [4.78, 5) is 24.6. The SMILES string of the molecule is CC(COC(=O)C=Cc1ccccc1)N=C=O. The van der Waals surface area contributed by atoms with Crippen LogP contribution >= 0.6 is 0 Å². The first-order chi connectivity index (χ1) is 8.22. The number of carbonyl (C=O) groups is 1. The minimum atomic E-state index is -0.457. The van der Waals surface area contributed by atoms with E-state index < -0.39 is 5.97 Å². The van der Waals surface area contributed by atoms with Crippen LogP contribution in [0.3, 0.4) is 0 Å². The number of hydrogen-bond acceptors (Lipinski definition) is 4. The molecule has 1 rings (SSSR count). The second kappa shape index (κ2) is 7.14. The highest BCUT2D eigenvalue weighted by atomic mass is 16.5. The molecule has 1 aromatic carbocycles. The molecular formula is C13H13NO3. The fourth-order valence-corrected chi connectivity index (χ4v) is 1.11. The van der Waals surface area contributed by atoms with E-state index in [1.807, 2.05) is 30.3 Å². The number of ether oxygens (including phenoxy) is 1. The molecule has 0 saturated heterocycles. The van der Waals surface area contributed by atoms with Crippen molar-refractivity contribution in [3.8, 4) is 0 Å². The average molecular weight is 231 g/mol. The van der Waals surface area contributed by atoms with Crippen LogP contribution in [0.5, 0.6) is 0 Å². The number of isocyanates is 1. The summed E-state index contributed by atoms with van der Waals surface area (Å²) in [5.41, 5.74) is 0.920. The minimum Gasteiger partial charge on any atom is -0.460 e. The lowest BCUT2D eigenvalue weighted by Gasteiger charge is -2.03. The maximum Gasteiger partial charge on any atom is 0.330 e. The van der Waals surface area contributed by atoms with Crippen LogP contribution in [0, 0.1) is 0 Å². The summed E-state index contributed by atoms with van der Waals surface area (Å²) in [6, 6.07) is 9.06. The fourth-order valence-electron chi connectivity index (χ4n) is 1.11. The van der Waals surface area contributed by atoms with E-state index in [9.17, 15) is 9.59 Å². The Hall–Kier alpha value is -2.19. The van der Waals surface area contributed by atoms with Gasteiger partial charge in [-0.05, 0) is 18.6 Å². The summed E-state index contributed by atoms with van der Waals surface area (Å²) < 4.78 is 4.88. The highest BCUT2D eigenvalue weighted by Crippen LogP contribution is 2.01. The zero-order valence-corrected chi connectivity index (χ0v) is 9.50. The van der Waals surface area contributed by atoms with Crippen LogP contribution in [0.2, 0.25) is 0 Å². The third-order valence-corrected chi connectivity index (χ3v) is 1.95. The first kappa shape index (κ1) is 12.9. The van der Waals surface area contributed by atoms with Crippen molar-refractivity contribution in [1.82, 2.24) is 0 Å². The monoisotopic (exact) mass is 231 g/mol. The maximum atomic E-state index is 11.3. The molecule has 17 heavy (non-hydrogen) atoms. The Kier molecular flexibility index (Phi) is 5.41. The van der Waals surface area contributed by atoms with Crippen molar-refractivity contribution >= 4 is 18.1 Å². The summed E-state index contributed by atoms with van der Waals surface area (Å²) in [5, 5.41) is 0. The highest BCUT2D eigenvalue weighted by Gasteiger charge is 2.02. The molecule has 0 radical (unpaired) electrons. The van der Waals surface area contributed by atoms with Crippen molar-refractivity contribution in [2.75, 3.05) is 6.61 Å². The van der Waals surface area contributed by atoms with E-state index >= 15 is 0 Å². The van der Waals surface area contributed by atoms with Gasteiger partial charge in [-0.25, -0.2) is 9.59 Å². The highest BCUT2D eigenvalue weighted by molar-refractivity contribution is 5.87. The van der Waals surface area contributed by atoms with Gasteiger partial charge in [-0.1, -0.05) is 30.3 Å². The predicted octanol–water partition coefficient (Wildman–Crippen LogP) is 1.97. The van der Waals surface area contributed by atoms with Crippen LogP contribution in [0.1, 0.15) is 12.5 Å². The summed E-state index contributed by atoms with van der Waals surface area (Å²) >= 11 is 0. The van der Waals surface area contributed by atoms with E-state index in [0.717, 1.165) is 5.56 Å². The Bertz CT molecular complexity index is 433. The Morgan fingerprint density at radius 2 is 2.18 bits per heavy atom. The van der Waals surface area contributed by atoms with Crippen molar-refractivity contribution in [1.29, 1.82) is 0 Å². The first-order valence-corrected chi connectivity index (χ1v) is 5.19. The van der Waals surface area contributed by atoms with Gasteiger partial charge in [0.2, 0.25) is 6.08 Å². The molecule has 1 atom stereocenters. The lowest BCUT2D eigenvalue weighted by atomic mass is 10.2. The number of carbonyl (C=O) groups excluding carboxylic acids is 2. The fraction of sp³-hybridized carbons (Fsp3) is 0.231. The molecule has 0 aromatic heterocycles. The largest absolute Gasteiger partial charge is 0.460 e. The van der Waals surface area contributed by atoms with E-state index in [1.54, 1.807) is 13.0 Å². The Morgan fingerprint density at radius 3 is 2.82 bits per heavy atom. The number of benzene rings is 1. The van der Waals surface area contributed by atoms with E-state index in [-0.39, 0.29) is 12.6 Å². The van der Waals surface area contributed by atoms with Gasteiger partial charge in [0, 0.05) is 6.08 Å². The Labute approximate surface area is 99.6 Å². The molecule has 0 spiro atoms. The topological polar surface area (TPSA) is 55.7 Å². The molecule has 0 saturated carbocycles. The number of esters is 1. The van der Waals surface area contributed by atoms with E-state index in [1.165, 1.54) is 12.2 Å². The molecule has 0 fully saturated rings. The standard InChI is InChI=1S/C13H13NO3/c1-11(14-10-15)9-17-13(16)8-7-12-5-3-2-4-6-12/h2-8,11H,9H2,1H3. The smallest absolute Gasteiger partial charge is 0.330 e. The van der Waals surface area contributed by atoms with Gasteiger partial charge in [0.25, 0.3) is 0 Å². The van der Waals surface area contributed by atoms with Gasteiger partial charge in [-0.2, -0.15) is 4.99 Å². The van der Waals surface area contributed by atoms with Crippen molar-refractivity contribution in [3.63, 3.8) is 0 Å². The molecule has 0 aliphatic heterocycles. The molecule has 0 amide bonds.